The zero-order chi connectivity index (χ0) is 23.8. The molecule has 0 fully saturated rings. The molecule has 186 valence electrons. The molecular formula is C26H38N4O4. The van der Waals surface area contributed by atoms with Gasteiger partial charge in [0.1, 0.15) is 11.5 Å². The second kappa shape index (κ2) is 15.1. The van der Waals surface area contributed by atoms with Crippen LogP contribution in [0.2, 0.25) is 0 Å². The predicted molar refractivity (Wildman–Crippen MR) is 131 cm³/mol. The lowest BCUT2D eigenvalue weighted by Crippen LogP contribution is -2.03. The van der Waals surface area contributed by atoms with Crippen LogP contribution in [0.5, 0.6) is 11.5 Å². The molecule has 0 amide bonds. The molecule has 0 radical (unpaired) electrons. The van der Waals surface area contributed by atoms with Crippen LogP contribution in [0, 0.1) is 0 Å². The van der Waals surface area contributed by atoms with Gasteiger partial charge in [-0.15, -0.1) is 20.4 Å². The molecular weight excluding hydrogens is 432 g/mol. The summed E-state index contributed by atoms with van der Waals surface area (Å²) in [6, 6.07) is 3.75. The summed E-state index contributed by atoms with van der Waals surface area (Å²) in [6.45, 7) is 5.66. The summed E-state index contributed by atoms with van der Waals surface area (Å²) >= 11 is 0. The molecule has 0 unspecified atom stereocenters. The van der Waals surface area contributed by atoms with Crippen molar-refractivity contribution in [3.63, 3.8) is 0 Å². The highest BCUT2D eigenvalue weighted by Gasteiger charge is 2.20. The SMILES string of the molecule is CCCCCCCCOc1cc(-c2nnco2)c(OCCCCCCCC)cc1-c1nnco1. The Morgan fingerprint density at radius 3 is 1.38 bits per heavy atom. The molecule has 0 aliphatic heterocycles. The van der Waals surface area contributed by atoms with E-state index in [1.807, 2.05) is 12.1 Å². The van der Waals surface area contributed by atoms with E-state index in [1.165, 1.54) is 64.2 Å². The normalized spacial score (nSPS) is 11.1. The summed E-state index contributed by atoms with van der Waals surface area (Å²) in [7, 11) is 0. The zero-order valence-electron chi connectivity index (χ0n) is 20.6. The van der Waals surface area contributed by atoms with Gasteiger partial charge in [-0.25, -0.2) is 0 Å². The van der Waals surface area contributed by atoms with Crippen molar-refractivity contribution in [3.05, 3.63) is 24.9 Å². The number of unbranched alkanes of at least 4 members (excludes halogenated alkanes) is 10. The summed E-state index contributed by atoms with van der Waals surface area (Å²) in [6.07, 6.45) is 17.0. The molecule has 0 aliphatic rings. The fourth-order valence-corrected chi connectivity index (χ4v) is 3.84. The minimum atomic E-state index is 0.388. The Labute approximate surface area is 202 Å². The van der Waals surface area contributed by atoms with Crippen molar-refractivity contribution in [2.75, 3.05) is 13.2 Å². The van der Waals surface area contributed by atoms with Gasteiger partial charge in [0.15, 0.2) is 0 Å². The number of hydrogen-bond acceptors (Lipinski definition) is 8. The van der Waals surface area contributed by atoms with Gasteiger partial charge in [0, 0.05) is 0 Å². The van der Waals surface area contributed by atoms with Crippen molar-refractivity contribution >= 4 is 0 Å². The molecule has 0 N–H and O–H groups in total. The maximum Gasteiger partial charge on any atom is 0.251 e. The van der Waals surface area contributed by atoms with Gasteiger partial charge >= 0.3 is 0 Å². The second-order valence-electron chi connectivity index (χ2n) is 8.56. The molecule has 0 saturated carbocycles. The number of ether oxygens (including phenoxy) is 2. The molecule has 1 aromatic carbocycles. The highest BCUT2D eigenvalue weighted by atomic mass is 16.5. The van der Waals surface area contributed by atoms with Crippen LogP contribution in [0.15, 0.2) is 33.8 Å². The monoisotopic (exact) mass is 470 g/mol. The Kier molecular flexibility index (Phi) is 11.4. The maximum atomic E-state index is 6.17. The Morgan fingerprint density at radius 1 is 0.588 bits per heavy atom. The molecule has 8 nitrogen and oxygen atoms in total. The standard InChI is InChI=1S/C26H38N4O4/c1-3-5-7-9-11-13-15-31-23-17-22(26-30-28-20-34-26)24(18-21(23)25-29-27-19-33-25)32-16-14-12-10-8-6-4-2/h17-20H,3-16H2,1-2H3. The van der Waals surface area contributed by atoms with E-state index in [1.54, 1.807) is 0 Å². The summed E-state index contributed by atoms with van der Waals surface area (Å²) in [5.41, 5.74) is 1.40. The largest absolute Gasteiger partial charge is 0.493 e. The van der Waals surface area contributed by atoms with E-state index in [-0.39, 0.29) is 0 Å². The third-order valence-electron chi connectivity index (χ3n) is 5.77. The van der Waals surface area contributed by atoms with Crippen LogP contribution < -0.4 is 9.47 Å². The van der Waals surface area contributed by atoms with E-state index in [0.29, 0.717) is 47.6 Å². The first-order valence-electron chi connectivity index (χ1n) is 12.8. The molecule has 2 heterocycles. The van der Waals surface area contributed by atoms with E-state index in [4.69, 9.17) is 18.3 Å². The molecule has 0 atom stereocenters. The molecule has 0 spiro atoms. The second-order valence-corrected chi connectivity index (χ2v) is 8.56. The lowest BCUT2D eigenvalue weighted by molar-refractivity contribution is 0.297. The van der Waals surface area contributed by atoms with Crippen LogP contribution in [0.3, 0.4) is 0 Å². The third kappa shape index (κ3) is 8.15. The van der Waals surface area contributed by atoms with Gasteiger partial charge < -0.3 is 18.3 Å². The van der Waals surface area contributed by atoms with E-state index in [2.05, 4.69) is 34.2 Å². The van der Waals surface area contributed by atoms with Crippen molar-refractivity contribution in [3.8, 4) is 34.4 Å². The number of nitrogens with zero attached hydrogens (tertiary/aromatic N) is 4. The van der Waals surface area contributed by atoms with Gasteiger partial charge in [-0.05, 0) is 25.0 Å². The van der Waals surface area contributed by atoms with Crippen molar-refractivity contribution in [1.29, 1.82) is 0 Å². The van der Waals surface area contributed by atoms with E-state index in [0.717, 1.165) is 25.7 Å². The van der Waals surface area contributed by atoms with Gasteiger partial charge in [0.25, 0.3) is 11.8 Å². The van der Waals surface area contributed by atoms with Gasteiger partial charge in [-0.2, -0.15) is 0 Å². The van der Waals surface area contributed by atoms with Crippen LogP contribution >= 0.6 is 0 Å². The van der Waals surface area contributed by atoms with Crippen LogP contribution in [-0.4, -0.2) is 33.6 Å². The van der Waals surface area contributed by atoms with Crippen LogP contribution in [-0.2, 0) is 0 Å². The van der Waals surface area contributed by atoms with Crippen molar-refractivity contribution < 1.29 is 18.3 Å². The van der Waals surface area contributed by atoms with Crippen LogP contribution in [0.4, 0.5) is 0 Å². The van der Waals surface area contributed by atoms with Crippen LogP contribution in [0.25, 0.3) is 22.9 Å². The zero-order valence-corrected chi connectivity index (χ0v) is 20.6. The van der Waals surface area contributed by atoms with Crippen molar-refractivity contribution in [1.82, 2.24) is 20.4 Å². The summed E-state index contributed by atoms with van der Waals surface area (Å²) in [5.74, 6) is 2.05. The quantitative estimate of drug-likeness (QED) is 0.179. The molecule has 8 heteroatoms. The molecule has 0 saturated heterocycles. The number of hydrogen-bond donors (Lipinski definition) is 0. The van der Waals surface area contributed by atoms with Gasteiger partial charge in [0.2, 0.25) is 12.8 Å². The first-order valence-corrected chi connectivity index (χ1v) is 12.8. The summed E-state index contributed by atoms with van der Waals surface area (Å²) in [5, 5.41) is 15.9. The summed E-state index contributed by atoms with van der Waals surface area (Å²) in [4.78, 5) is 0. The average molecular weight is 471 g/mol. The number of benzene rings is 1. The fraction of sp³-hybridized carbons (Fsp3) is 0.615. The highest BCUT2D eigenvalue weighted by molar-refractivity contribution is 5.75. The number of aromatic nitrogens is 4. The smallest absolute Gasteiger partial charge is 0.251 e. The predicted octanol–water partition coefficient (Wildman–Crippen LogP) is 7.27. The number of rotatable bonds is 18. The molecule has 0 aliphatic carbocycles. The van der Waals surface area contributed by atoms with Gasteiger partial charge in [-0.1, -0.05) is 78.1 Å². The molecule has 2 aromatic heterocycles. The Hall–Kier alpha value is -2.90. The van der Waals surface area contributed by atoms with E-state index in [9.17, 15) is 0 Å². The third-order valence-corrected chi connectivity index (χ3v) is 5.77. The average Bonchev–Trinajstić information content (AvgIpc) is 3.58. The Balaban J connectivity index is 1.71. The van der Waals surface area contributed by atoms with E-state index >= 15 is 0 Å². The maximum absolute atomic E-state index is 6.17. The van der Waals surface area contributed by atoms with E-state index < -0.39 is 0 Å². The topological polar surface area (TPSA) is 96.3 Å². The summed E-state index contributed by atoms with van der Waals surface area (Å²) < 4.78 is 23.3. The van der Waals surface area contributed by atoms with Gasteiger partial charge in [-0.3, -0.25) is 0 Å². The minimum absolute atomic E-state index is 0.388. The van der Waals surface area contributed by atoms with Crippen LogP contribution in [0.1, 0.15) is 90.9 Å². The Bertz CT molecular complexity index is 837. The minimum Gasteiger partial charge on any atom is -0.493 e. The molecule has 0 bridgehead atoms. The lowest BCUT2D eigenvalue weighted by atomic mass is 10.1. The van der Waals surface area contributed by atoms with Crippen molar-refractivity contribution in [2.45, 2.75) is 90.9 Å². The Morgan fingerprint density at radius 2 is 1.00 bits per heavy atom. The first kappa shape index (κ1) is 25.7. The molecule has 3 rings (SSSR count). The molecule has 3 aromatic rings. The fourth-order valence-electron chi connectivity index (χ4n) is 3.84. The highest BCUT2D eigenvalue weighted by Crippen LogP contribution is 2.40. The van der Waals surface area contributed by atoms with Gasteiger partial charge in [0.05, 0.1) is 24.3 Å². The first-order chi connectivity index (χ1) is 16.8. The molecule has 34 heavy (non-hydrogen) atoms. The van der Waals surface area contributed by atoms with Crippen molar-refractivity contribution in [2.24, 2.45) is 0 Å². The lowest BCUT2D eigenvalue weighted by Gasteiger charge is -2.15.